The van der Waals surface area contributed by atoms with Crippen LogP contribution in [0.25, 0.3) is 110 Å². The van der Waals surface area contributed by atoms with E-state index in [0.29, 0.717) is 0 Å². The average molecular weight is 738 g/mol. The Balaban J connectivity index is 1.07. The van der Waals surface area contributed by atoms with Gasteiger partial charge >= 0.3 is 0 Å². The Hall–Kier alpha value is -7.75. The summed E-state index contributed by atoms with van der Waals surface area (Å²) in [6.45, 7) is 0. The van der Waals surface area contributed by atoms with Crippen molar-refractivity contribution >= 4 is 65.2 Å². The fourth-order valence-electron chi connectivity index (χ4n) is 9.34. The summed E-state index contributed by atoms with van der Waals surface area (Å²) >= 11 is 0. The van der Waals surface area contributed by atoms with E-state index in [4.69, 9.17) is 4.98 Å². The first-order valence-corrected chi connectivity index (χ1v) is 19.9. The van der Waals surface area contributed by atoms with Crippen molar-refractivity contribution < 1.29 is 0 Å². The number of rotatable bonds is 5. The van der Waals surface area contributed by atoms with E-state index in [-0.39, 0.29) is 0 Å². The zero-order chi connectivity index (χ0) is 38.2. The molecule has 9 aromatic carbocycles. The Morgan fingerprint density at radius 1 is 0.293 bits per heavy atom. The topological polar surface area (TPSA) is 22.8 Å². The number of nitrogens with zero attached hydrogens (tertiary/aromatic N) is 3. The van der Waals surface area contributed by atoms with E-state index in [1.165, 1.54) is 70.7 Å². The van der Waals surface area contributed by atoms with Crippen LogP contribution < -0.4 is 0 Å². The third kappa shape index (κ3) is 4.97. The van der Waals surface area contributed by atoms with Crippen LogP contribution >= 0.6 is 0 Å². The molecule has 0 radical (unpaired) electrons. The summed E-state index contributed by atoms with van der Waals surface area (Å²) in [6, 6.07) is 76.7. The van der Waals surface area contributed by atoms with Crippen molar-refractivity contribution in [2.45, 2.75) is 0 Å². The molecule has 3 nitrogen and oxygen atoms in total. The molecular weight excluding hydrogens is 703 g/mol. The van der Waals surface area contributed by atoms with Crippen molar-refractivity contribution in [1.82, 2.24) is 14.1 Å². The van der Waals surface area contributed by atoms with Gasteiger partial charge in [-0.25, -0.2) is 4.98 Å². The number of fused-ring (bicyclic) bond motifs is 9. The lowest BCUT2D eigenvalue weighted by molar-refractivity contribution is 1.17. The first-order chi connectivity index (χ1) is 28.8. The van der Waals surface area contributed by atoms with E-state index in [1.54, 1.807) is 0 Å². The highest BCUT2D eigenvalue weighted by atomic mass is 15.0. The smallest absolute Gasteiger partial charge is 0.0721 e. The first kappa shape index (κ1) is 32.5. The van der Waals surface area contributed by atoms with Crippen molar-refractivity contribution in [2.24, 2.45) is 0 Å². The van der Waals surface area contributed by atoms with E-state index in [1.807, 2.05) is 0 Å². The molecule has 0 aliphatic heterocycles. The molecule has 0 aliphatic rings. The number of hydrogen-bond donors (Lipinski definition) is 0. The SMILES string of the molecule is c1ccc(-c2cc(-c3cccc4ccccc34)nc(-c3cccc4cc(-n5c6ccccc6c6c7c8ccccc8n(-c8ccccc8)c7ccc65)ccc34)c2)cc1. The molecule has 12 aromatic rings. The number of aromatic nitrogens is 3. The molecule has 12 rings (SSSR count). The maximum Gasteiger partial charge on any atom is 0.0721 e. The Bertz CT molecular complexity index is 3550. The fourth-order valence-corrected chi connectivity index (χ4v) is 9.34. The van der Waals surface area contributed by atoms with Crippen LogP contribution in [0.2, 0.25) is 0 Å². The van der Waals surface area contributed by atoms with Crippen molar-refractivity contribution in [3.8, 4) is 45.0 Å². The molecule has 3 heterocycles. The van der Waals surface area contributed by atoms with Crippen molar-refractivity contribution in [3.63, 3.8) is 0 Å². The quantitative estimate of drug-likeness (QED) is 0.172. The van der Waals surface area contributed by atoms with E-state index < -0.39 is 0 Å². The Labute approximate surface area is 335 Å². The molecule has 3 aromatic heterocycles. The van der Waals surface area contributed by atoms with Crippen LogP contribution in [0.4, 0.5) is 0 Å². The molecule has 270 valence electrons. The Kier molecular flexibility index (Phi) is 7.23. The Morgan fingerprint density at radius 2 is 0.793 bits per heavy atom. The van der Waals surface area contributed by atoms with Gasteiger partial charge in [-0.15, -0.1) is 0 Å². The molecule has 0 saturated heterocycles. The lowest BCUT2D eigenvalue weighted by Crippen LogP contribution is -1.96. The molecule has 0 N–H and O–H groups in total. The van der Waals surface area contributed by atoms with Gasteiger partial charge in [-0.05, 0) is 93.3 Å². The van der Waals surface area contributed by atoms with E-state index in [2.05, 4.69) is 221 Å². The highest BCUT2D eigenvalue weighted by molar-refractivity contribution is 6.29. The summed E-state index contributed by atoms with van der Waals surface area (Å²) in [6.07, 6.45) is 0. The van der Waals surface area contributed by atoms with Gasteiger partial charge in [0.25, 0.3) is 0 Å². The van der Waals surface area contributed by atoms with Crippen molar-refractivity contribution in [2.75, 3.05) is 0 Å². The minimum atomic E-state index is 0.955. The second-order valence-electron chi connectivity index (χ2n) is 15.1. The zero-order valence-electron chi connectivity index (χ0n) is 31.5. The van der Waals surface area contributed by atoms with Gasteiger partial charge in [-0.2, -0.15) is 0 Å². The monoisotopic (exact) mass is 737 g/mol. The van der Waals surface area contributed by atoms with E-state index >= 15 is 0 Å². The second-order valence-corrected chi connectivity index (χ2v) is 15.1. The highest BCUT2D eigenvalue weighted by Crippen LogP contribution is 2.43. The number of benzene rings is 9. The molecule has 0 fully saturated rings. The molecule has 0 bridgehead atoms. The molecule has 0 atom stereocenters. The first-order valence-electron chi connectivity index (χ1n) is 19.9. The third-order valence-corrected chi connectivity index (χ3v) is 11.9. The average Bonchev–Trinajstić information content (AvgIpc) is 3.82. The highest BCUT2D eigenvalue weighted by Gasteiger charge is 2.21. The maximum atomic E-state index is 5.42. The minimum Gasteiger partial charge on any atom is -0.309 e. The molecule has 0 spiro atoms. The normalized spacial score (nSPS) is 11.8. The summed E-state index contributed by atoms with van der Waals surface area (Å²) in [4.78, 5) is 5.42. The van der Waals surface area contributed by atoms with Crippen molar-refractivity contribution in [3.05, 3.63) is 212 Å². The van der Waals surface area contributed by atoms with Gasteiger partial charge < -0.3 is 9.13 Å². The van der Waals surface area contributed by atoms with Crippen LogP contribution in [-0.2, 0) is 0 Å². The van der Waals surface area contributed by atoms with Crippen LogP contribution in [-0.4, -0.2) is 14.1 Å². The molecule has 3 heteroatoms. The molecule has 0 unspecified atom stereocenters. The lowest BCUT2D eigenvalue weighted by atomic mass is 9.95. The molecule has 0 aliphatic carbocycles. The number of pyridine rings is 1. The van der Waals surface area contributed by atoms with Crippen LogP contribution in [0, 0.1) is 0 Å². The van der Waals surface area contributed by atoms with E-state index in [9.17, 15) is 0 Å². The molecule has 0 amide bonds. The van der Waals surface area contributed by atoms with E-state index in [0.717, 1.165) is 39.5 Å². The third-order valence-electron chi connectivity index (χ3n) is 11.9. The Morgan fingerprint density at radius 3 is 1.45 bits per heavy atom. The number of para-hydroxylation sites is 3. The van der Waals surface area contributed by atoms with Crippen LogP contribution in [0.5, 0.6) is 0 Å². The van der Waals surface area contributed by atoms with Crippen LogP contribution in [0.3, 0.4) is 0 Å². The van der Waals surface area contributed by atoms with Crippen molar-refractivity contribution in [1.29, 1.82) is 0 Å². The number of hydrogen-bond acceptors (Lipinski definition) is 1. The fraction of sp³-hybridized carbons (Fsp3) is 0. The maximum absolute atomic E-state index is 5.42. The van der Waals surface area contributed by atoms with Gasteiger partial charge in [0.2, 0.25) is 0 Å². The minimum absolute atomic E-state index is 0.955. The van der Waals surface area contributed by atoms with Gasteiger partial charge in [-0.3, -0.25) is 0 Å². The summed E-state index contributed by atoms with van der Waals surface area (Å²) in [7, 11) is 0. The molecule has 0 saturated carbocycles. The van der Waals surface area contributed by atoms with Gasteiger partial charge in [0.1, 0.15) is 0 Å². The lowest BCUT2D eigenvalue weighted by Gasteiger charge is -2.14. The van der Waals surface area contributed by atoms with Gasteiger partial charge in [-0.1, -0.05) is 152 Å². The molecule has 58 heavy (non-hydrogen) atoms. The molecular formula is C55H35N3. The zero-order valence-corrected chi connectivity index (χ0v) is 31.5. The standard InChI is InChI=1S/C55H35N3/c1-3-15-36(16-4-1)39-34-48(44-25-13-18-37-17-7-8-22-42(37)44)56-49(35-39)45-26-14-19-38-33-41(29-30-43(38)45)58-51-28-12-10-24-47(51)55-53(58)32-31-52-54(55)46-23-9-11-27-50(46)57(52)40-20-5-2-6-21-40/h1-35H. The van der Waals surface area contributed by atoms with Gasteiger partial charge in [0.05, 0.1) is 33.5 Å². The van der Waals surface area contributed by atoms with Crippen LogP contribution in [0.1, 0.15) is 0 Å². The summed E-state index contributed by atoms with van der Waals surface area (Å²) in [5.74, 6) is 0. The van der Waals surface area contributed by atoms with Gasteiger partial charge in [0.15, 0.2) is 0 Å². The predicted octanol–water partition coefficient (Wildman–Crippen LogP) is 14.6. The van der Waals surface area contributed by atoms with Gasteiger partial charge in [0, 0.05) is 44.0 Å². The predicted molar refractivity (Wildman–Crippen MR) is 244 cm³/mol. The largest absolute Gasteiger partial charge is 0.309 e. The summed E-state index contributed by atoms with van der Waals surface area (Å²) < 4.78 is 4.85. The van der Waals surface area contributed by atoms with Crippen LogP contribution in [0.15, 0.2) is 212 Å². The summed E-state index contributed by atoms with van der Waals surface area (Å²) in [5.41, 5.74) is 13.6. The summed E-state index contributed by atoms with van der Waals surface area (Å²) in [5, 5.41) is 9.80. The second kappa shape index (κ2) is 12.9.